The number of nitrogens with zero attached hydrogens (tertiary/aromatic N) is 3. The predicted molar refractivity (Wildman–Crippen MR) is 279 cm³/mol. The topological polar surface area (TPSA) is 234 Å². The van der Waals surface area contributed by atoms with Crippen LogP contribution in [0.3, 0.4) is 0 Å². The zero-order valence-electron chi connectivity index (χ0n) is 43.2. The summed E-state index contributed by atoms with van der Waals surface area (Å²) in [6.07, 6.45) is 18.8. The number of amides is 3. The molecule has 0 fully saturated rings. The SMILES string of the molecule is CCCCCCCCCCCCCCCCC(SCC(NC(=O)OC(C)(C)C)C(=O)NC(COC(C)(C)C)C(=O)Nc1ccc(Cn2c(=O)[nH]c3c(N)nc(NCCCC)nc32)cc1)C(=O)OCC. The van der Waals surface area contributed by atoms with Crippen molar-refractivity contribution in [1.29, 1.82) is 0 Å². The highest BCUT2D eigenvalue weighted by Gasteiger charge is 2.32. The lowest BCUT2D eigenvalue weighted by Gasteiger charge is -2.27. The number of carbonyl (C=O) groups excluding carboxylic acids is 4. The third kappa shape index (κ3) is 23.1. The normalized spacial score (nSPS) is 13.1. The summed E-state index contributed by atoms with van der Waals surface area (Å²) in [5.74, 6) is -1.08. The van der Waals surface area contributed by atoms with Crippen LogP contribution in [0.25, 0.3) is 11.2 Å². The van der Waals surface area contributed by atoms with Gasteiger partial charge in [-0.15, -0.1) is 11.8 Å². The van der Waals surface area contributed by atoms with Gasteiger partial charge in [0.05, 0.1) is 25.4 Å². The van der Waals surface area contributed by atoms with E-state index in [1.807, 2.05) is 20.8 Å². The summed E-state index contributed by atoms with van der Waals surface area (Å²) in [5, 5.41) is 10.9. The van der Waals surface area contributed by atoms with Crippen molar-refractivity contribution in [1.82, 2.24) is 30.2 Å². The van der Waals surface area contributed by atoms with Gasteiger partial charge < -0.3 is 46.2 Å². The van der Waals surface area contributed by atoms with Gasteiger partial charge in [0, 0.05) is 18.0 Å². The van der Waals surface area contributed by atoms with E-state index in [1.165, 1.54) is 80.5 Å². The van der Waals surface area contributed by atoms with Crippen LogP contribution >= 0.6 is 11.8 Å². The van der Waals surface area contributed by atoms with Crippen LogP contribution in [-0.2, 0) is 35.1 Å². The second kappa shape index (κ2) is 30.7. The van der Waals surface area contributed by atoms with Crippen molar-refractivity contribution < 1.29 is 33.4 Å². The number of hydrogen-bond acceptors (Lipinski definition) is 13. The van der Waals surface area contributed by atoms with Gasteiger partial charge in [-0.1, -0.05) is 122 Å². The molecule has 0 aliphatic rings. The van der Waals surface area contributed by atoms with Crippen molar-refractivity contribution in [3.8, 4) is 0 Å². The van der Waals surface area contributed by atoms with E-state index in [0.29, 0.717) is 35.8 Å². The molecule has 0 aliphatic heterocycles. The minimum atomic E-state index is -1.18. The Morgan fingerprint density at radius 3 is 1.91 bits per heavy atom. The maximum atomic E-state index is 14.2. The lowest BCUT2D eigenvalue weighted by atomic mass is 10.0. The molecule has 17 nitrogen and oxygen atoms in total. The van der Waals surface area contributed by atoms with Crippen LogP contribution in [0.5, 0.6) is 0 Å². The van der Waals surface area contributed by atoms with Crippen LogP contribution in [0.1, 0.15) is 177 Å². The van der Waals surface area contributed by atoms with Gasteiger partial charge >= 0.3 is 17.8 Å². The molecular weight excluding hydrogens is 899 g/mol. The summed E-state index contributed by atoms with van der Waals surface area (Å²) in [6, 6.07) is 4.54. The van der Waals surface area contributed by atoms with Crippen LogP contribution in [0.2, 0.25) is 0 Å². The van der Waals surface area contributed by atoms with Crippen molar-refractivity contribution in [2.45, 2.75) is 207 Å². The van der Waals surface area contributed by atoms with Crippen LogP contribution in [-0.4, -0.2) is 97.4 Å². The highest BCUT2D eigenvalue weighted by Crippen LogP contribution is 2.23. The number of aromatic nitrogens is 4. The van der Waals surface area contributed by atoms with Crippen LogP contribution < -0.4 is 32.7 Å². The maximum Gasteiger partial charge on any atom is 0.408 e. The van der Waals surface area contributed by atoms with Gasteiger partial charge in [-0.25, -0.2) is 9.59 Å². The average Bonchev–Trinajstić information content (AvgIpc) is 3.59. The van der Waals surface area contributed by atoms with Crippen molar-refractivity contribution in [2.75, 3.05) is 41.9 Å². The molecule has 0 radical (unpaired) electrons. The molecule has 0 spiro atoms. The summed E-state index contributed by atoms with van der Waals surface area (Å²) < 4.78 is 18.4. The molecule has 7 N–H and O–H groups in total. The van der Waals surface area contributed by atoms with Crippen molar-refractivity contribution in [2.24, 2.45) is 0 Å². The largest absolute Gasteiger partial charge is 0.465 e. The quantitative estimate of drug-likeness (QED) is 0.0247. The molecule has 69 heavy (non-hydrogen) atoms. The smallest absolute Gasteiger partial charge is 0.408 e. The number of alkyl carbamates (subject to hydrolysis) is 1. The van der Waals surface area contributed by atoms with E-state index in [0.717, 1.165) is 44.1 Å². The molecule has 0 saturated carbocycles. The number of nitrogen functional groups attached to an aromatic ring is 1. The number of anilines is 3. The number of unbranched alkanes of at least 4 members (excludes halogenated alkanes) is 14. The maximum absolute atomic E-state index is 14.2. The minimum Gasteiger partial charge on any atom is -0.465 e. The molecule has 3 unspecified atom stereocenters. The lowest BCUT2D eigenvalue weighted by molar-refractivity contribution is -0.142. The molecule has 18 heteroatoms. The van der Waals surface area contributed by atoms with Crippen molar-refractivity contribution in [3.63, 3.8) is 0 Å². The van der Waals surface area contributed by atoms with Gasteiger partial charge in [-0.3, -0.25) is 19.0 Å². The monoisotopic (exact) mass is 984 g/mol. The molecule has 0 saturated heterocycles. The number of hydrogen-bond donors (Lipinski definition) is 6. The third-order valence-electron chi connectivity index (χ3n) is 11.2. The Kier molecular flexibility index (Phi) is 26.0. The van der Waals surface area contributed by atoms with E-state index in [1.54, 1.807) is 52.0 Å². The molecular formula is C51H85N9O8S. The first-order chi connectivity index (χ1) is 32.8. The third-order valence-corrected chi connectivity index (χ3v) is 12.5. The van der Waals surface area contributed by atoms with E-state index in [4.69, 9.17) is 19.9 Å². The van der Waals surface area contributed by atoms with Gasteiger partial charge in [-0.05, 0) is 79.0 Å². The Labute approximate surface area is 415 Å². The highest BCUT2D eigenvalue weighted by molar-refractivity contribution is 8.00. The number of H-pyrrole nitrogens is 1. The Hall–Kier alpha value is -4.84. The second-order valence-electron chi connectivity index (χ2n) is 19.8. The molecule has 3 rings (SSSR count). The Morgan fingerprint density at radius 1 is 0.754 bits per heavy atom. The first kappa shape index (κ1) is 58.5. The summed E-state index contributed by atoms with van der Waals surface area (Å²) in [4.78, 5) is 79.1. The first-order valence-corrected chi connectivity index (χ1v) is 26.5. The molecule has 3 aromatic rings. The number of imidazole rings is 1. The Bertz CT molecular complexity index is 2060. The van der Waals surface area contributed by atoms with Crippen molar-refractivity contribution in [3.05, 3.63) is 40.3 Å². The molecule has 0 bridgehead atoms. The van der Waals surface area contributed by atoms with Gasteiger partial charge in [0.15, 0.2) is 11.5 Å². The Balaban J connectivity index is 1.68. The zero-order valence-corrected chi connectivity index (χ0v) is 44.0. The number of fused-ring (bicyclic) bond motifs is 1. The summed E-state index contributed by atoms with van der Waals surface area (Å²) in [5.41, 5.74) is 6.15. The highest BCUT2D eigenvalue weighted by atomic mass is 32.2. The van der Waals surface area contributed by atoms with Gasteiger partial charge in [0.1, 0.15) is 28.5 Å². The van der Waals surface area contributed by atoms with Crippen LogP contribution in [0.4, 0.5) is 22.2 Å². The zero-order chi connectivity index (χ0) is 50.8. The van der Waals surface area contributed by atoms with E-state index >= 15 is 0 Å². The van der Waals surface area contributed by atoms with E-state index in [-0.39, 0.29) is 37.3 Å². The molecule has 3 amide bonds. The number of nitrogens with one attached hydrogen (secondary N) is 5. The number of esters is 1. The molecule has 2 heterocycles. The Morgan fingerprint density at radius 2 is 1.35 bits per heavy atom. The van der Waals surface area contributed by atoms with Gasteiger partial charge in [0.2, 0.25) is 17.8 Å². The minimum absolute atomic E-state index is 0.0118. The molecule has 0 aliphatic carbocycles. The number of ether oxygens (including phenoxy) is 3. The fourth-order valence-electron chi connectivity index (χ4n) is 7.42. The number of carbonyl (C=O) groups is 4. The first-order valence-electron chi connectivity index (χ1n) is 25.5. The second-order valence-corrected chi connectivity index (χ2v) is 21.0. The molecule has 1 aromatic carbocycles. The average molecular weight is 984 g/mol. The number of nitrogens with two attached hydrogens (primary N) is 1. The lowest BCUT2D eigenvalue weighted by Crippen LogP contribution is -2.56. The van der Waals surface area contributed by atoms with Crippen LogP contribution in [0, 0.1) is 0 Å². The van der Waals surface area contributed by atoms with E-state index in [2.05, 4.69) is 50.1 Å². The van der Waals surface area contributed by atoms with Gasteiger partial charge in [0.25, 0.3) is 0 Å². The number of aromatic amines is 1. The fourth-order valence-corrected chi connectivity index (χ4v) is 8.62. The van der Waals surface area contributed by atoms with E-state index < -0.39 is 52.1 Å². The summed E-state index contributed by atoms with van der Waals surface area (Å²) in [6.45, 7) is 17.6. The summed E-state index contributed by atoms with van der Waals surface area (Å²) in [7, 11) is 0. The van der Waals surface area contributed by atoms with Gasteiger partial charge in [-0.2, -0.15) is 9.97 Å². The predicted octanol–water partition coefficient (Wildman–Crippen LogP) is 9.63. The fraction of sp³-hybridized carbons (Fsp3) is 0.706. The number of thioether (sulfide) groups is 1. The number of rotatable bonds is 33. The van der Waals surface area contributed by atoms with E-state index in [9.17, 15) is 24.0 Å². The van der Waals surface area contributed by atoms with Crippen LogP contribution in [0.15, 0.2) is 29.1 Å². The standard InChI is InChI=1S/C51H85N9O8S/c1-10-13-15-16-17-18-19-20-21-22-23-24-25-26-27-40(46(63)66-12-3)69-35-39(56-49(65)68-51(7,8)9)45(62)55-38(34-67-50(4,5)6)44(61)54-37-30-28-36(29-31-37)33-60-43-41(57-48(60)64)42(52)58-47(59-43)53-32-14-11-2/h28-31,38-40H,10-27,32-35H2,1-9H3,(H,54,61)(H,55,62)(H,56,65)(H,57,64)(H3,52,53,58,59). The van der Waals surface area contributed by atoms with Crippen molar-refractivity contribution >= 4 is 64.3 Å². The molecule has 388 valence electrons. The summed E-state index contributed by atoms with van der Waals surface area (Å²) >= 11 is 1.24. The molecule has 2 aromatic heterocycles. The number of benzene rings is 1. The molecule has 3 atom stereocenters.